The molecule has 0 unspecified atom stereocenters. The third-order valence-electron chi connectivity index (χ3n) is 3.67. The quantitative estimate of drug-likeness (QED) is 0.809. The Hall–Kier alpha value is -2.15. The minimum atomic E-state index is -0.551. The number of aryl methyl sites for hydroxylation is 1. The Morgan fingerprint density at radius 1 is 1.30 bits per heavy atom. The summed E-state index contributed by atoms with van der Waals surface area (Å²) in [6, 6.07) is 1.99. The van der Waals surface area contributed by atoms with E-state index in [1.165, 1.54) is 0 Å². The second kappa shape index (κ2) is 7.92. The number of H-pyrrole nitrogens is 2. The number of aromatic nitrogens is 2. The van der Waals surface area contributed by atoms with Crippen molar-refractivity contribution in [1.82, 2.24) is 14.9 Å². The monoisotopic (exact) mass is 335 g/mol. The van der Waals surface area contributed by atoms with Crippen LogP contribution in [0.1, 0.15) is 36.6 Å². The molecule has 0 aliphatic carbocycles. The molecule has 1 amide bonds. The van der Waals surface area contributed by atoms with E-state index in [1.54, 1.807) is 23.2 Å². The molecule has 0 atom stereocenters. The van der Waals surface area contributed by atoms with Gasteiger partial charge in [0.25, 0.3) is 5.56 Å². The molecule has 2 N–H and O–H groups in total. The van der Waals surface area contributed by atoms with Crippen molar-refractivity contribution in [3.63, 3.8) is 0 Å². The molecular weight excluding hydrogens is 314 g/mol. The van der Waals surface area contributed by atoms with Crippen LogP contribution in [0.25, 0.3) is 0 Å². The second-order valence-corrected chi connectivity index (χ2v) is 6.27. The maximum atomic E-state index is 12.6. The lowest BCUT2D eigenvalue weighted by Gasteiger charge is -2.22. The molecule has 2 heterocycles. The fourth-order valence-corrected chi connectivity index (χ4v) is 3.01. The summed E-state index contributed by atoms with van der Waals surface area (Å²) >= 11 is 1.59. The van der Waals surface area contributed by atoms with E-state index >= 15 is 0 Å². The Bertz CT molecular complexity index is 762. The third kappa shape index (κ3) is 4.66. The van der Waals surface area contributed by atoms with Gasteiger partial charge in [0, 0.05) is 24.3 Å². The molecule has 0 fully saturated rings. The van der Waals surface area contributed by atoms with Crippen LogP contribution in [0.3, 0.4) is 0 Å². The van der Waals surface area contributed by atoms with Crippen molar-refractivity contribution in [2.75, 3.05) is 6.54 Å². The molecule has 2 aromatic heterocycles. The van der Waals surface area contributed by atoms with Gasteiger partial charge in [0.1, 0.15) is 0 Å². The second-order valence-electron chi connectivity index (χ2n) is 5.49. The number of thiophene rings is 1. The van der Waals surface area contributed by atoms with Crippen LogP contribution in [0, 0.1) is 6.92 Å². The molecule has 0 saturated carbocycles. The first kappa shape index (κ1) is 17.2. The van der Waals surface area contributed by atoms with Gasteiger partial charge in [-0.15, -0.1) is 0 Å². The molecular formula is C16H21N3O3S. The zero-order valence-electron chi connectivity index (χ0n) is 13.3. The highest BCUT2D eigenvalue weighted by atomic mass is 32.1. The highest BCUT2D eigenvalue weighted by Crippen LogP contribution is 2.12. The number of carbonyl (C=O) groups excluding carboxylic acids is 1. The Morgan fingerprint density at radius 2 is 2.09 bits per heavy atom. The average molecular weight is 335 g/mol. The standard InChI is InChI=1S/C16H21N3O3S/c1-3-4-6-19(9-12-5-7-23-10-12)14(20)8-13-11(2)17-16(22)18-15(13)21/h5,7,10H,3-4,6,8-9H2,1-2H3,(H2,17,18,21,22). The Balaban J connectivity index is 2.17. The van der Waals surface area contributed by atoms with Crippen LogP contribution in [0.2, 0.25) is 0 Å². The van der Waals surface area contributed by atoms with E-state index in [-0.39, 0.29) is 12.3 Å². The summed E-state index contributed by atoms with van der Waals surface area (Å²) in [5.41, 5.74) is 0.807. The summed E-state index contributed by atoms with van der Waals surface area (Å²) < 4.78 is 0. The highest BCUT2D eigenvalue weighted by Gasteiger charge is 2.18. The van der Waals surface area contributed by atoms with Gasteiger partial charge in [-0.1, -0.05) is 13.3 Å². The molecule has 0 spiro atoms. The van der Waals surface area contributed by atoms with Gasteiger partial charge in [-0.25, -0.2) is 4.79 Å². The number of carbonyl (C=O) groups is 1. The number of amides is 1. The first-order chi connectivity index (χ1) is 11.0. The molecule has 0 aliphatic heterocycles. The first-order valence-electron chi connectivity index (χ1n) is 7.62. The van der Waals surface area contributed by atoms with Gasteiger partial charge in [-0.2, -0.15) is 11.3 Å². The number of hydrogen-bond acceptors (Lipinski definition) is 4. The fraction of sp³-hybridized carbons (Fsp3) is 0.438. The summed E-state index contributed by atoms with van der Waals surface area (Å²) in [5.74, 6) is -0.106. The molecule has 0 aliphatic rings. The predicted molar refractivity (Wildman–Crippen MR) is 90.8 cm³/mol. The molecule has 0 radical (unpaired) electrons. The van der Waals surface area contributed by atoms with Crippen molar-refractivity contribution in [3.8, 4) is 0 Å². The lowest BCUT2D eigenvalue weighted by atomic mass is 10.1. The third-order valence-corrected chi connectivity index (χ3v) is 4.40. The summed E-state index contributed by atoms with van der Waals surface area (Å²) in [7, 11) is 0. The van der Waals surface area contributed by atoms with Gasteiger partial charge < -0.3 is 9.88 Å². The van der Waals surface area contributed by atoms with Gasteiger partial charge >= 0.3 is 5.69 Å². The Labute approximate surface area is 138 Å². The van der Waals surface area contributed by atoms with E-state index in [0.717, 1.165) is 18.4 Å². The number of aromatic amines is 2. The predicted octanol–water partition coefficient (Wildman–Crippen LogP) is 1.80. The lowest BCUT2D eigenvalue weighted by Crippen LogP contribution is -2.36. The molecule has 23 heavy (non-hydrogen) atoms. The van der Waals surface area contributed by atoms with Crippen molar-refractivity contribution in [2.45, 2.75) is 39.7 Å². The molecule has 0 aromatic carbocycles. The zero-order chi connectivity index (χ0) is 16.8. The largest absolute Gasteiger partial charge is 0.338 e. The van der Waals surface area contributed by atoms with E-state index < -0.39 is 11.2 Å². The van der Waals surface area contributed by atoms with Crippen LogP contribution in [0.4, 0.5) is 0 Å². The van der Waals surface area contributed by atoms with Crippen LogP contribution >= 0.6 is 11.3 Å². The fourth-order valence-electron chi connectivity index (χ4n) is 2.35. The van der Waals surface area contributed by atoms with E-state index in [2.05, 4.69) is 16.9 Å². The summed E-state index contributed by atoms with van der Waals surface area (Å²) in [5, 5.41) is 4.00. The van der Waals surface area contributed by atoms with E-state index in [1.807, 2.05) is 16.8 Å². The Morgan fingerprint density at radius 3 is 2.70 bits per heavy atom. The molecule has 0 bridgehead atoms. The number of hydrogen-bond donors (Lipinski definition) is 2. The maximum absolute atomic E-state index is 12.6. The lowest BCUT2D eigenvalue weighted by molar-refractivity contribution is -0.131. The molecule has 7 heteroatoms. The minimum Gasteiger partial charge on any atom is -0.338 e. The van der Waals surface area contributed by atoms with E-state index in [4.69, 9.17) is 0 Å². The smallest absolute Gasteiger partial charge is 0.325 e. The zero-order valence-corrected chi connectivity index (χ0v) is 14.2. The van der Waals surface area contributed by atoms with Crippen LogP contribution in [-0.4, -0.2) is 27.3 Å². The molecule has 2 aromatic rings. The van der Waals surface area contributed by atoms with Gasteiger partial charge in [0.15, 0.2) is 0 Å². The molecule has 124 valence electrons. The SMILES string of the molecule is CCCCN(Cc1ccsc1)C(=O)Cc1c(C)[nH]c(=O)[nH]c1=O. The van der Waals surface area contributed by atoms with Crippen molar-refractivity contribution < 1.29 is 4.79 Å². The topological polar surface area (TPSA) is 86.0 Å². The number of rotatable bonds is 7. The minimum absolute atomic E-state index is 0.00814. The van der Waals surface area contributed by atoms with Gasteiger partial charge in [-0.05, 0) is 35.7 Å². The summed E-state index contributed by atoms with van der Waals surface area (Å²) in [4.78, 5) is 42.2. The first-order valence-corrected chi connectivity index (χ1v) is 8.56. The van der Waals surface area contributed by atoms with Crippen molar-refractivity contribution in [2.24, 2.45) is 0 Å². The number of nitrogens with zero attached hydrogens (tertiary/aromatic N) is 1. The maximum Gasteiger partial charge on any atom is 0.325 e. The van der Waals surface area contributed by atoms with E-state index in [9.17, 15) is 14.4 Å². The summed E-state index contributed by atoms with van der Waals surface area (Å²) in [6.45, 7) is 4.91. The van der Waals surface area contributed by atoms with Crippen LogP contribution < -0.4 is 11.2 Å². The number of unbranched alkanes of at least 4 members (excludes halogenated alkanes) is 1. The van der Waals surface area contributed by atoms with Gasteiger partial charge in [0.05, 0.1) is 6.42 Å². The van der Waals surface area contributed by atoms with Gasteiger partial charge in [0.2, 0.25) is 5.91 Å². The molecule has 0 saturated heterocycles. The van der Waals surface area contributed by atoms with Crippen LogP contribution in [0.5, 0.6) is 0 Å². The number of nitrogens with one attached hydrogen (secondary N) is 2. The van der Waals surface area contributed by atoms with Crippen molar-refractivity contribution in [1.29, 1.82) is 0 Å². The molecule has 2 rings (SSSR count). The highest BCUT2D eigenvalue weighted by molar-refractivity contribution is 7.07. The van der Waals surface area contributed by atoms with Crippen molar-refractivity contribution in [3.05, 3.63) is 54.5 Å². The van der Waals surface area contributed by atoms with Gasteiger partial charge in [-0.3, -0.25) is 14.6 Å². The normalized spacial score (nSPS) is 10.7. The van der Waals surface area contributed by atoms with Crippen molar-refractivity contribution >= 4 is 17.2 Å². The van der Waals surface area contributed by atoms with Crippen LogP contribution in [-0.2, 0) is 17.8 Å². The Kier molecular flexibility index (Phi) is 5.92. The average Bonchev–Trinajstić information content (AvgIpc) is 3.00. The van der Waals surface area contributed by atoms with E-state index in [0.29, 0.717) is 24.3 Å². The summed E-state index contributed by atoms with van der Waals surface area (Å²) in [6.07, 6.45) is 1.90. The van der Waals surface area contributed by atoms with Crippen LogP contribution in [0.15, 0.2) is 26.4 Å². The molecule has 6 nitrogen and oxygen atoms in total.